The van der Waals surface area contributed by atoms with Gasteiger partial charge in [-0.15, -0.1) is 0 Å². The van der Waals surface area contributed by atoms with E-state index in [4.69, 9.17) is 0 Å². The van der Waals surface area contributed by atoms with Crippen LogP contribution in [0.1, 0.15) is 48.0 Å². The van der Waals surface area contributed by atoms with E-state index in [1.807, 2.05) is 26.0 Å². The van der Waals surface area contributed by atoms with Gasteiger partial charge in [-0.05, 0) is 62.6 Å². The van der Waals surface area contributed by atoms with Gasteiger partial charge in [0, 0.05) is 18.8 Å². The molecular weight excluding hydrogens is 356 g/mol. The van der Waals surface area contributed by atoms with Crippen LogP contribution in [0.2, 0.25) is 0 Å². The van der Waals surface area contributed by atoms with Gasteiger partial charge < -0.3 is 4.90 Å². The van der Waals surface area contributed by atoms with Crippen molar-refractivity contribution in [1.82, 2.24) is 15.0 Å². The highest BCUT2D eigenvalue weighted by molar-refractivity contribution is 5.72. The van der Waals surface area contributed by atoms with Gasteiger partial charge in [0.2, 0.25) is 0 Å². The van der Waals surface area contributed by atoms with E-state index in [2.05, 4.69) is 94.4 Å². The first-order valence-corrected chi connectivity index (χ1v) is 10.1. The van der Waals surface area contributed by atoms with Gasteiger partial charge in [0.05, 0.1) is 0 Å². The first kappa shape index (κ1) is 20.5. The molecule has 0 amide bonds. The monoisotopic (exact) mass is 384 g/mol. The highest BCUT2D eigenvalue weighted by Gasteiger charge is 2.00. The van der Waals surface area contributed by atoms with E-state index in [1.165, 1.54) is 16.8 Å². The molecule has 0 fully saturated rings. The smallest absolute Gasteiger partial charge is 0.156 e. The van der Waals surface area contributed by atoms with Crippen molar-refractivity contribution < 1.29 is 0 Å². The highest BCUT2D eigenvalue weighted by atomic mass is 15.1. The average molecular weight is 385 g/mol. The summed E-state index contributed by atoms with van der Waals surface area (Å²) in [6, 6.07) is 17.1. The average Bonchev–Trinajstić information content (AvgIpc) is 2.73. The van der Waals surface area contributed by atoms with Gasteiger partial charge in [0.15, 0.2) is 5.82 Å². The Morgan fingerprint density at radius 1 is 0.621 bits per heavy atom. The molecule has 3 aromatic rings. The van der Waals surface area contributed by atoms with Crippen LogP contribution in [0, 0.1) is 13.8 Å². The molecule has 0 atom stereocenters. The zero-order valence-corrected chi connectivity index (χ0v) is 17.6. The maximum Gasteiger partial charge on any atom is 0.156 e. The van der Waals surface area contributed by atoms with Crippen molar-refractivity contribution in [2.24, 2.45) is 0 Å². The lowest BCUT2D eigenvalue weighted by Crippen LogP contribution is -2.21. The first-order chi connectivity index (χ1) is 14.1. The van der Waals surface area contributed by atoms with Crippen LogP contribution >= 0.6 is 0 Å². The number of hydrogen-bond acceptors (Lipinski definition) is 4. The lowest BCUT2D eigenvalue weighted by atomic mass is 10.1. The van der Waals surface area contributed by atoms with Crippen molar-refractivity contribution in [2.45, 2.75) is 27.7 Å². The Morgan fingerprint density at radius 2 is 1.03 bits per heavy atom. The van der Waals surface area contributed by atoms with E-state index in [9.17, 15) is 0 Å². The Morgan fingerprint density at radius 3 is 1.48 bits per heavy atom. The van der Waals surface area contributed by atoms with E-state index in [0.717, 1.165) is 30.3 Å². The largest absolute Gasteiger partial charge is 0.372 e. The van der Waals surface area contributed by atoms with E-state index >= 15 is 0 Å². The Balaban J connectivity index is 1.65. The summed E-state index contributed by atoms with van der Waals surface area (Å²) in [6.45, 7) is 10.2. The summed E-state index contributed by atoms with van der Waals surface area (Å²) in [6.07, 6.45) is 8.23. The molecule has 0 spiro atoms. The van der Waals surface area contributed by atoms with Gasteiger partial charge >= 0.3 is 0 Å². The second-order valence-electron chi connectivity index (χ2n) is 6.89. The Bertz CT molecular complexity index is 962. The quantitative estimate of drug-likeness (QED) is 0.492. The fourth-order valence-corrected chi connectivity index (χ4v) is 3.18. The van der Waals surface area contributed by atoms with Crippen molar-refractivity contribution in [1.29, 1.82) is 0 Å². The number of benzene rings is 2. The summed E-state index contributed by atoms with van der Waals surface area (Å²) < 4.78 is 0. The Labute approximate surface area is 173 Å². The Kier molecular flexibility index (Phi) is 6.90. The molecular formula is C25H28N4. The molecule has 0 radical (unpaired) electrons. The highest BCUT2D eigenvalue weighted by Crippen LogP contribution is 2.17. The van der Waals surface area contributed by atoms with Crippen LogP contribution in [0.15, 0.2) is 48.5 Å². The number of aryl methyl sites for hydroxylation is 2. The topological polar surface area (TPSA) is 41.9 Å². The van der Waals surface area contributed by atoms with E-state index in [0.29, 0.717) is 5.82 Å². The maximum absolute atomic E-state index is 4.33. The molecule has 2 aromatic carbocycles. The molecule has 0 N–H and O–H groups in total. The maximum atomic E-state index is 4.33. The van der Waals surface area contributed by atoms with Crippen molar-refractivity contribution in [3.63, 3.8) is 0 Å². The normalized spacial score (nSPS) is 11.4. The van der Waals surface area contributed by atoms with Crippen LogP contribution in [0.3, 0.4) is 0 Å². The fourth-order valence-electron chi connectivity index (χ4n) is 3.18. The van der Waals surface area contributed by atoms with E-state index < -0.39 is 0 Å². The fraction of sp³-hybridized carbons (Fsp3) is 0.240. The number of hydrogen-bond donors (Lipinski definition) is 0. The molecule has 4 nitrogen and oxygen atoms in total. The van der Waals surface area contributed by atoms with Gasteiger partial charge in [-0.2, -0.15) is 0 Å². The minimum atomic E-state index is 0.687. The molecule has 1 heterocycles. The molecule has 29 heavy (non-hydrogen) atoms. The number of rotatable bonds is 7. The third-order valence-corrected chi connectivity index (χ3v) is 4.73. The third kappa shape index (κ3) is 5.85. The van der Waals surface area contributed by atoms with Crippen molar-refractivity contribution in [3.8, 4) is 0 Å². The molecule has 4 heteroatoms. The third-order valence-electron chi connectivity index (χ3n) is 4.73. The number of anilines is 1. The van der Waals surface area contributed by atoms with Crippen LogP contribution in [-0.4, -0.2) is 28.0 Å². The van der Waals surface area contributed by atoms with Gasteiger partial charge in [-0.3, -0.25) is 0 Å². The van der Waals surface area contributed by atoms with Crippen LogP contribution in [0.5, 0.6) is 0 Å². The van der Waals surface area contributed by atoms with Crippen LogP contribution in [-0.2, 0) is 0 Å². The Hall–Kier alpha value is -3.27. The van der Waals surface area contributed by atoms with Gasteiger partial charge in [-0.1, -0.05) is 54.6 Å². The van der Waals surface area contributed by atoms with Crippen LogP contribution in [0.4, 0.5) is 5.69 Å². The minimum absolute atomic E-state index is 0.687. The second-order valence-corrected chi connectivity index (χ2v) is 6.89. The summed E-state index contributed by atoms with van der Waals surface area (Å²) >= 11 is 0. The molecule has 0 aliphatic heterocycles. The van der Waals surface area contributed by atoms with Crippen molar-refractivity contribution in [3.05, 3.63) is 82.7 Å². The van der Waals surface area contributed by atoms with Crippen molar-refractivity contribution in [2.75, 3.05) is 18.0 Å². The second kappa shape index (κ2) is 9.78. The number of aromatic nitrogens is 3. The zero-order valence-electron chi connectivity index (χ0n) is 17.6. The summed E-state index contributed by atoms with van der Waals surface area (Å²) in [4.78, 5) is 15.2. The molecule has 0 aliphatic carbocycles. The van der Waals surface area contributed by atoms with Gasteiger partial charge in [0.25, 0.3) is 0 Å². The predicted molar refractivity (Wildman–Crippen MR) is 124 cm³/mol. The summed E-state index contributed by atoms with van der Waals surface area (Å²) in [5.74, 6) is 2.16. The number of nitrogens with zero attached hydrogens (tertiary/aromatic N) is 4. The van der Waals surface area contributed by atoms with Gasteiger partial charge in [-0.25, -0.2) is 15.0 Å². The molecule has 3 rings (SSSR count). The standard InChI is InChI=1S/C25H28N4/c1-5-29(6-2)24-16-13-23(14-17-24)12-9-21-7-10-22(11-8-21)15-18-25-27-19(3)26-20(4)28-25/h7-18H,5-6H2,1-4H3/b12-9+,18-15+. The molecule has 0 aliphatic rings. The molecule has 148 valence electrons. The lowest BCUT2D eigenvalue weighted by Gasteiger charge is -2.20. The summed E-state index contributed by atoms with van der Waals surface area (Å²) in [5, 5.41) is 0. The molecule has 0 unspecified atom stereocenters. The summed E-state index contributed by atoms with van der Waals surface area (Å²) in [7, 11) is 0. The predicted octanol–water partition coefficient (Wildman–Crippen LogP) is 5.68. The minimum Gasteiger partial charge on any atom is -0.372 e. The van der Waals surface area contributed by atoms with Gasteiger partial charge in [0.1, 0.15) is 11.6 Å². The molecule has 0 saturated carbocycles. The van der Waals surface area contributed by atoms with E-state index in [1.54, 1.807) is 0 Å². The molecule has 0 bridgehead atoms. The SMILES string of the molecule is CCN(CC)c1ccc(/C=C/c2ccc(/C=C/c3nc(C)nc(C)n3)cc2)cc1. The molecule has 1 aromatic heterocycles. The summed E-state index contributed by atoms with van der Waals surface area (Å²) in [5.41, 5.74) is 4.75. The van der Waals surface area contributed by atoms with Crippen LogP contribution < -0.4 is 4.90 Å². The van der Waals surface area contributed by atoms with E-state index in [-0.39, 0.29) is 0 Å². The first-order valence-electron chi connectivity index (χ1n) is 10.1. The lowest BCUT2D eigenvalue weighted by molar-refractivity contribution is 0.866. The molecule has 0 saturated heterocycles. The zero-order chi connectivity index (χ0) is 20.6. The van der Waals surface area contributed by atoms with Crippen LogP contribution in [0.25, 0.3) is 24.3 Å². The van der Waals surface area contributed by atoms with Crippen molar-refractivity contribution >= 4 is 30.0 Å².